The lowest BCUT2D eigenvalue weighted by atomic mass is 9.89. The molecule has 0 aliphatic rings. The Hall–Kier alpha value is -1.56. The van der Waals surface area contributed by atoms with Crippen LogP contribution in [0.2, 0.25) is 0 Å². The topological polar surface area (TPSA) is 79.4 Å². The smallest absolute Gasteiger partial charge is 0.360 e. The first-order valence-electron chi connectivity index (χ1n) is 6.22. The molecule has 0 radical (unpaired) electrons. The fourth-order valence-electron chi connectivity index (χ4n) is 1.91. The summed E-state index contributed by atoms with van der Waals surface area (Å²) < 4.78 is 11.6. The number of nitrogens with two attached hydrogens (primary N) is 1. The highest BCUT2D eigenvalue weighted by molar-refractivity contribution is 5.92. The number of ether oxygens (including phenoxy) is 2. The van der Waals surface area contributed by atoms with Gasteiger partial charge in [0.25, 0.3) is 0 Å². The Morgan fingerprint density at radius 2 is 2.05 bits per heavy atom. The molecule has 1 heterocycles. The van der Waals surface area contributed by atoms with Crippen molar-refractivity contribution >= 4 is 11.8 Å². The summed E-state index contributed by atoms with van der Waals surface area (Å²) in [4.78, 5) is 15.7. The number of esters is 1. The number of carbonyl (C=O) groups is 1. The third-order valence-corrected chi connectivity index (χ3v) is 3.15. The van der Waals surface area contributed by atoms with Crippen molar-refractivity contribution in [1.29, 1.82) is 0 Å². The van der Waals surface area contributed by atoms with Crippen molar-refractivity contribution < 1.29 is 14.3 Å². The summed E-state index contributed by atoms with van der Waals surface area (Å²) >= 11 is 0. The zero-order chi connectivity index (χ0) is 14.6. The van der Waals surface area contributed by atoms with Gasteiger partial charge < -0.3 is 19.8 Å². The van der Waals surface area contributed by atoms with E-state index >= 15 is 0 Å². The van der Waals surface area contributed by atoms with E-state index in [0.717, 1.165) is 6.42 Å². The molecule has 0 fully saturated rings. The van der Waals surface area contributed by atoms with Crippen molar-refractivity contribution in [1.82, 2.24) is 9.55 Å². The molecule has 0 unspecified atom stereocenters. The number of nitrogens with zero attached hydrogens (tertiary/aromatic N) is 2. The van der Waals surface area contributed by atoms with Crippen molar-refractivity contribution in [3.63, 3.8) is 0 Å². The van der Waals surface area contributed by atoms with Crippen LogP contribution >= 0.6 is 0 Å². The quantitative estimate of drug-likeness (QED) is 0.794. The highest BCUT2D eigenvalue weighted by Crippen LogP contribution is 2.26. The standard InChI is InChI=1S/C13H23N3O3/c1-9-15-10(12(17)19-5)11(14)16(9)8-13(2,3)6-7-18-4/h6-8,14H2,1-5H3. The van der Waals surface area contributed by atoms with Gasteiger partial charge in [-0.05, 0) is 18.8 Å². The molecule has 0 spiro atoms. The van der Waals surface area contributed by atoms with Gasteiger partial charge >= 0.3 is 5.97 Å². The number of hydrogen-bond acceptors (Lipinski definition) is 5. The molecule has 0 saturated carbocycles. The number of aromatic nitrogens is 2. The maximum atomic E-state index is 11.5. The molecule has 0 atom stereocenters. The average molecular weight is 269 g/mol. The van der Waals surface area contributed by atoms with Gasteiger partial charge in [-0.3, -0.25) is 0 Å². The van der Waals surface area contributed by atoms with Crippen LogP contribution in [-0.4, -0.2) is 36.3 Å². The fraction of sp³-hybridized carbons (Fsp3) is 0.692. The van der Waals surface area contributed by atoms with Crippen molar-refractivity contribution in [3.8, 4) is 0 Å². The van der Waals surface area contributed by atoms with Crippen LogP contribution in [0.1, 0.15) is 36.6 Å². The largest absolute Gasteiger partial charge is 0.464 e. The van der Waals surface area contributed by atoms with E-state index in [-0.39, 0.29) is 11.1 Å². The fourth-order valence-corrected chi connectivity index (χ4v) is 1.91. The molecule has 6 nitrogen and oxygen atoms in total. The van der Waals surface area contributed by atoms with Gasteiger partial charge in [0.1, 0.15) is 11.6 Å². The highest BCUT2D eigenvalue weighted by atomic mass is 16.5. The van der Waals surface area contributed by atoms with Crippen molar-refractivity contribution in [2.75, 3.05) is 26.6 Å². The first-order valence-corrected chi connectivity index (χ1v) is 6.22. The Balaban J connectivity index is 2.96. The number of anilines is 1. The Kier molecular flexibility index (Phi) is 4.94. The van der Waals surface area contributed by atoms with E-state index in [0.29, 0.717) is 24.8 Å². The molecule has 0 aliphatic heterocycles. The van der Waals surface area contributed by atoms with Gasteiger partial charge in [-0.25, -0.2) is 9.78 Å². The molecule has 0 aromatic carbocycles. The van der Waals surface area contributed by atoms with Gasteiger partial charge in [0, 0.05) is 20.3 Å². The van der Waals surface area contributed by atoms with Crippen LogP contribution in [0, 0.1) is 12.3 Å². The highest BCUT2D eigenvalue weighted by Gasteiger charge is 2.24. The summed E-state index contributed by atoms with van der Waals surface area (Å²) in [5, 5.41) is 0. The molecule has 108 valence electrons. The molecule has 1 aromatic heterocycles. The van der Waals surface area contributed by atoms with Crippen LogP contribution in [-0.2, 0) is 16.0 Å². The Morgan fingerprint density at radius 3 is 2.58 bits per heavy atom. The minimum atomic E-state index is -0.506. The van der Waals surface area contributed by atoms with Crippen LogP contribution in [0.15, 0.2) is 0 Å². The number of rotatable bonds is 6. The Labute approximate surface area is 113 Å². The van der Waals surface area contributed by atoms with E-state index < -0.39 is 5.97 Å². The number of nitrogen functional groups attached to an aromatic ring is 1. The SMILES string of the molecule is COCCC(C)(C)Cn1c(C)nc(C(=O)OC)c1N. The number of imidazole rings is 1. The number of carbonyl (C=O) groups excluding carboxylic acids is 1. The normalized spacial score (nSPS) is 11.6. The second-order valence-electron chi connectivity index (χ2n) is 5.38. The van der Waals surface area contributed by atoms with E-state index in [4.69, 9.17) is 10.5 Å². The zero-order valence-electron chi connectivity index (χ0n) is 12.3. The second-order valence-corrected chi connectivity index (χ2v) is 5.38. The first kappa shape index (κ1) is 15.5. The lowest BCUT2D eigenvalue weighted by Gasteiger charge is -2.26. The first-order chi connectivity index (χ1) is 8.82. The van der Waals surface area contributed by atoms with Crippen molar-refractivity contribution in [2.45, 2.75) is 33.7 Å². The summed E-state index contributed by atoms with van der Waals surface area (Å²) in [6, 6.07) is 0. The summed E-state index contributed by atoms with van der Waals surface area (Å²) in [5.41, 5.74) is 6.17. The van der Waals surface area contributed by atoms with Crippen LogP contribution in [0.3, 0.4) is 0 Å². The van der Waals surface area contributed by atoms with Crippen LogP contribution in [0.4, 0.5) is 5.82 Å². The molecule has 19 heavy (non-hydrogen) atoms. The van der Waals surface area contributed by atoms with Crippen LogP contribution < -0.4 is 5.73 Å². The van der Waals surface area contributed by atoms with Crippen LogP contribution in [0.25, 0.3) is 0 Å². The van der Waals surface area contributed by atoms with E-state index in [1.807, 2.05) is 11.5 Å². The van der Waals surface area contributed by atoms with Crippen molar-refractivity contribution in [3.05, 3.63) is 11.5 Å². The van der Waals surface area contributed by atoms with Gasteiger partial charge in [0.05, 0.1) is 7.11 Å². The summed E-state index contributed by atoms with van der Waals surface area (Å²) in [7, 11) is 3.00. The van der Waals surface area contributed by atoms with E-state index in [2.05, 4.69) is 23.6 Å². The minimum Gasteiger partial charge on any atom is -0.464 e. The predicted octanol–water partition coefficient (Wildman–Crippen LogP) is 1.62. The Morgan fingerprint density at radius 1 is 1.42 bits per heavy atom. The number of aryl methyl sites for hydroxylation is 1. The molecule has 0 saturated heterocycles. The molecule has 0 aliphatic carbocycles. The number of methoxy groups -OCH3 is 2. The predicted molar refractivity (Wildman–Crippen MR) is 73.0 cm³/mol. The molecular weight excluding hydrogens is 246 g/mol. The molecule has 0 bridgehead atoms. The van der Waals surface area contributed by atoms with Gasteiger partial charge in [-0.15, -0.1) is 0 Å². The Bertz CT molecular complexity index is 452. The van der Waals surface area contributed by atoms with Gasteiger partial charge in [0.15, 0.2) is 5.69 Å². The maximum Gasteiger partial charge on any atom is 0.360 e. The lowest BCUT2D eigenvalue weighted by Crippen LogP contribution is -2.23. The summed E-state index contributed by atoms with van der Waals surface area (Å²) in [5.74, 6) is 0.562. The third-order valence-electron chi connectivity index (χ3n) is 3.15. The van der Waals surface area contributed by atoms with Gasteiger partial charge in [-0.1, -0.05) is 13.8 Å². The molecule has 1 aromatic rings. The zero-order valence-corrected chi connectivity index (χ0v) is 12.3. The monoisotopic (exact) mass is 269 g/mol. The van der Waals surface area contributed by atoms with Gasteiger partial charge in [-0.2, -0.15) is 0 Å². The van der Waals surface area contributed by atoms with E-state index in [9.17, 15) is 4.79 Å². The van der Waals surface area contributed by atoms with E-state index in [1.165, 1.54) is 7.11 Å². The molecule has 0 amide bonds. The lowest BCUT2D eigenvalue weighted by molar-refractivity contribution is 0.0595. The van der Waals surface area contributed by atoms with Crippen LogP contribution in [0.5, 0.6) is 0 Å². The second kappa shape index (κ2) is 6.06. The van der Waals surface area contributed by atoms with Gasteiger partial charge in [0.2, 0.25) is 0 Å². The maximum absolute atomic E-state index is 11.5. The molecule has 1 rings (SSSR count). The third kappa shape index (κ3) is 3.70. The summed E-state index contributed by atoms with van der Waals surface area (Å²) in [6.45, 7) is 7.45. The van der Waals surface area contributed by atoms with E-state index in [1.54, 1.807) is 7.11 Å². The molecular formula is C13H23N3O3. The molecule has 2 N–H and O–H groups in total. The molecule has 6 heteroatoms. The number of hydrogen-bond donors (Lipinski definition) is 1. The van der Waals surface area contributed by atoms with Crippen molar-refractivity contribution in [2.24, 2.45) is 5.41 Å². The summed E-state index contributed by atoms with van der Waals surface area (Å²) in [6.07, 6.45) is 0.897. The average Bonchev–Trinajstić information content (AvgIpc) is 2.63. The minimum absolute atomic E-state index is 0.00296.